The topological polar surface area (TPSA) is 59.1 Å². The highest BCUT2D eigenvalue weighted by Gasteiger charge is 2.11. The summed E-state index contributed by atoms with van der Waals surface area (Å²) in [6, 6.07) is 1.92. The monoisotopic (exact) mass is 252 g/mol. The van der Waals surface area contributed by atoms with Crippen LogP contribution in [-0.2, 0) is 11.3 Å². The standard InChI is InChI=1S/C13H24N4O/c1-6-14-10-7-11(15-9-13(2,3)4)17-12(16-10)8-18-5/h7H,6,8-9H2,1-5H3,(H2,14,15,16,17). The summed E-state index contributed by atoms with van der Waals surface area (Å²) in [7, 11) is 1.64. The molecule has 0 radical (unpaired) electrons. The molecule has 1 rings (SSSR count). The van der Waals surface area contributed by atoms with Crippen LogP contribution in [0.3, 0.4) is 0 Å². The van der Waals surface area contributed by atoms with Gasteiger partial charge in [0.1, 0.15) is 18.2 Å². The van der Waals surface area contributed by atoms with Crippen LogP contribution >= 0.6 is 0 Å². The number of nitrogens with zero attached hydrogens (tertiary/aromatic N) is 2. The molecular weight excluding hydrogens is 228 g/mol. The second-order valence-corrected chi connectivity index (χ2v) is 5.43. The minimum absolute atomic E-state index is 0.213. The third kappa shape index (κ3) is 5.31. The molecule has 1 aromatic rings. The first-order valence-corrected chi connectivity index (χ1v) is 6.29. The van der Waals surface area contributed by atoms with E-state index < -0.39 is 0 Å². The first kappa shape index (κ1) is 14.7. The van der Waals surface area contributed by atoms with Crippen molar-refractivity contribution in [2.75, 3.05) is 30.8 Å². The van der Waals surface area contributed by atoms with Crippen molar-refractivity contribution in [3.05, 3.63) is 11.9 Å². The number of rotatable bonds is 6. The summed E-state index contributed by atoms with van der Waals surface area (Å²) in [5.74, 6) is 2.35. The fourth-order valence-electron chi connectivity index (χ4n) is 1.41. The number of ether oxygens (including phenoxy) is 1. The maximum atomic E-state index is 5.08. The molecule has 1 heterocycles. The average Bonchev–Trinajstić information content (AvgIpc) is 2.26. The van der Waals surface area contributed by atoms with E-state index in [0.29, 0.717) is 12.4 Å². The molecule has 102 valence electrons. The Morgan fingerprint density at radius 3 is 2.28 bits per heavy atom. The Hall–Kier alpha value is -1.36. The second kappa shape index (κ2) is 6.54. The van der Waals surface area contributed by atoms with E-state index in [1.54, 1.807) is 7.11 Å². The van der Waals surface area contributed by atoms with E-state index in [-0.39, 0.29) is 5.41 Å². The number of methoxy groups -OCH3 is 1. The molecule has 0 aliphatic carbocycles. The number of anilines is 2. The van der Waals surface area contributed by atoms with Gasteiger partial charge >= 0.3 is 0 Å². The maximum Gasteiger partial charge on any atom is 0.158 e. The zero-order chi connectivity index (χ0) is 13.6. The lowest BCUT2D eigenvalue weighted by Gasteiger charge is -2.19. The van der Waals surface area contributed by atoms with Crippen LogP contribution in [0.15, 0.2) is 6.07 Å². The molecule has 0 saturated heterocycles. The van der Waals surface area contributed by atoms with Crippen LogP contribution in [0.4, 0.5) is 11.6 Å². The van der Waals surface area contributed by atoms with E-state index in [9.17, 15) is 0 Å². The quantitative estimate of drug-likeness (QED) is 0.814. The molecule has 0 aliphatic heterocycles. The van der Waals surface area contributed by atoms with E-state index >= 15 is 0 Å². The highest BCUT2D eigenvalue weighted by Crippen LogP contribution is 2.16. The van der Waals surface area contributed by atoms with E-state index in [4.69, 9.17) is 4.74 Å². The molecule has 18 heavy (non-hydrogen) atoms. The van der Waals surface area contributed by atoms with Crippen molar-refractivity contribution in [3.8, 4) is 0 Å². The Balaban J connectivity index is 2.81. The first-order chi connectivity index (χ1) is 8.44. The lowest BCUT2D eigenvalue weighted by Crippen LogP contribution is -2.20. The van der Waals surface area contributed by atoms with Crippen LogP contribution in [-0.4, -0.2) is 30.2 Å². The summed E-state index contributed by atoms with van der Waals surface area (Å²) >= 11 is 0. The largest absolute Gasteiger partial charge is 0.377 e. The summed E-state index contributed by atoms with van der Waals surface area (Å²) in [6.45, 7) is 10.7. The van der Waals surface area contributed by atoms with Gasteiger partial charge in [0.05, 0.1) is 0 Å². The lowest BCUT2D eigenvalue weighted by molar-refractivity contribution is 0.178. The average molecular weight is 252 g/mol. The van der Waals surface area contributed by atoms with Crippen molar-refractivity contribution in [2.24, 2.45) is 5.41 Å². The highest BCUT2D eigenvalue weighted by atomic mass is 16.5. The van der Waals surface area contributed by atoms with Crippen LogP contribution in [0.1, 0.15) is 33.5 Å². The smallest absolute Gasteiger partial charge is 0.158 e. The number of hydrogen-bond donors (Lipinski definition) is 2. The molecule has 0 fully saturated rings. The van der Waals surface area contributed by atoms with Gasteiger partial charge in [0, 0.05) is 26.3 Å². The fraction of sp³-hybridized carbons (Fsp3) is 0.692. The van der Waals surface area contributed by atoms with Gasteiger partial charge in [-0.1, -0.05) is 20.8 Å². The minimum Gasteiger partial charge on any atom is -0.377 e. The summed E-state index contributed by atoms with van der Waals surface area (Å²) < 4.78 is 5.08. The molecule has 0 aliphatic rings. The second-order valence-electron chi connectivity index (χ2n) is 5.43. The van der Waals surface area contributed by atoms with Crippen LogP contribution < -0.4 is 10.6 Å². The van der Waals surface area contributed by atoms with Gasteiger partial charge in [-0.15, -0.1) is 0 Å². The van der Waals surface area contributed by atoms with E-state index in [0.717, 1.165) is 24.7 Å². The predicted molar refractivity (Wildman–Crippen MR) is 74.9 cm³/mol. The Bertz CT molecular complexity index is 349. The summed E-state index contributed by atoms with van der Waals surface area (Å²) in [6.07, 6.45) is 0. The third-order valence-corrected chi connectivity index (χ3v) is 2.20. The van der Waals surface area contributed by atoms with E-state index in [2.05, 4.69) is 41.4 Å². The van der Waals surface area contributed by atoms with Crippen molar-refractivity contribution in [3.63, 3.8) is 0 Å². The molecule has 0 atom stereocenters. The van der Waals surface area contributed by atoms with Gasteiger partial charge in [-0.05, 0) is 12.3 Å². The van der Waals surface area contributed by atoms with Crippen LogP contribution in [0.2, 0.25) is 0 Å². The van der Waals surface area contributed by atoms with Crippen molar-refractivity contribution in [1.29, 1.82) is 0 Å². The number of nitrogens with one attached hydrogen (secondary N) is 2. The van der Waals surface area contributed by atoms with Gasteiger partial charge in [0.2, 0.25) is 0 Å². The van der Waals surface area contributed by atoms with Crippen LogP contribution in [0.5, 0.6) is 0 Å². The van der Waals surface area contributed by atoms with Crippen LogP contribution in [0, 0.1) is 5.41 Å². The Morgan fingerprint density at radius 2 is 1.78 bits per heavy atom. The molecule has 5 heteroatoms. The SMILES string of the molecule is CCNc1cc(NCC(C)(C)C)nc(COC)n1. The normalized spacial score (nSPS) is 11.4. The van der Waals surface area contributed by atoms with Crippen molar-refractivity contribution < 1.29 is 4.74 Å². The van der Waals surface area contributed by atoms with Gasteiger partial charge in [-0.25, -0.2) is 9.97 Å². The van der Waals surface area contributed by atoms with Gasteiger partial charge < -0.3 is 15.4 Å². The van der Waals surface area contributed by atoms with Crippen molar-refractivity contribution in [1.82, 2.24) is 9.97 Å². The molecule has 0 bridgehead atoms. The molecule has 0 aromatic carbocycles. The van der Waals surface area contributed by atoms with E-state index in [1.807, 2.05) is 13.0 Å². The first-order valence-electron chi connectivity index (χ1n) is 6.29. The van der Waals surface area contributed by atoms with Crippen molar-refractivity contribution in [2.45, 2.75) is 34.3 Å². The fourth-order valence-corrected chi connectivity index (χ4v) is 1.41. The van der Waals surface area contributed by atoms with Gasteiger partial charge in [0.15, 0.2) is 5.82 Å². The third-order valence-electron chi connectivity index (χ3n) is 2.20. The van der Waals surface area contributed by atoms with E-state index in [1.165, 1.54) is 0 Å². The van der Waals surface area contributed by atoms with Crippen LogP contribution in [0.25, 0.3) is 0 Å². The number of aromatic nitrogens is 2. The summed E-state index contributed by atoms with van der Waals surface area (Å²) in [5.41, 5.74) is 0.213. The zero-order valence-corrected chi connectivity index (χ0v) is 12.0. The Kier molecular flexibility index (Phi) is 5.34. The van der Waals surface area contributed by atoms with Gasteiger partial charge in [0.25, 0.3) is 0 Å². The van der Waals surface area contributed by atoms with Gasteiger partial charge in [-0.3, -0.25) is 0 Å². The highest BCUT2D eigenvalue weighted by molar-refractivity contribution is 5.47. The van der Waals surface area contributed by atoms with Gasteiger partial charge in [-0.2, -0.15) is 0 Å². The lowest BCUT2D eigenvalue weighted by atomic mass is 9.97. The molecule has 0 saturated carbocycles. The molecule has 0 unspecified atom stereocenters. The zero-order valence-electron chi connectivity index (χ0n) is 12.0. The molecule has 0 spiro atoms. The maximum absolute atomic E-state index is 5.08. The predicted octanol–water partition coefficient (Wildman–Crippen LogP) is 2.51. The molecule has 0 amide bonds. The molecule has 2 N–H and O–H groups in total. The molecule has 1 aromatic heterocycles. The summed E-state index contributed by atoms with van der Waals surface area (Å²) in [4.78, 5) is 8.79. The summed E-state index contributed by atoms with van der Waals surface area (Å²) in [5, 5.41) is 6.53. The van der Waals surface area contributed by atoms with Crippen molar-refractivity contribution >= 4 is 11.6 Å². The molecular formula is C13H24N4O. The Labute approximate surface area is 109 Å². The Morgan fingerprint density at radius 1 is 1.17 bits per heavy atom. The molecule has 5 nitrogen and oxygen atoms in total. The number of hydrogen-bond acceptors (Lipinski definition) is 5. The minimum atomic E-state index is 0.213.